The number of rotatable bonds is 5. The van der Waals surface area contributed by atoms with Gasteiger partial charge in [-0.1, -0.05) is 6.07 Å². The van der Waals surface area contributed by atoms with E-state index < -0.39 is 6.04 Å². The Kier molecular flexibility index (Phi) is 9.25. The summed E-state index contributed by atoms with van der Waals surface area (Å²) in [6.45, 7) is 4.35. The van der Waals surface area contributed by atoms with Gasteiger partial charge >= 0.3 is 0 Å². The topological polar surface area (TPSA) is 67.6 Å². The van der Waals surface area contributed by atoms with Crippen LogP contribution in [0.1, 0.15) is 13.3 Å². The molecule has 1 aromatic rings. The largest absolute Gasteiger partial charge is 0.497 e. The molecule has 1 heterocycles. The second-order valence-electron chi connectivity index (χ2n) is 5.34. The van der Waals surface area contributed by atoms with Crippen LogP contribution in [-0.2, 0) is 4.79 Å². The molecule has 1 fully saturated rings. The monoisotopic (exact) mass is 349 g/mol. The molecule has 5 nitrogen and oxygen atoms in total. The van der Waals surface area contributed by atoms with Gasteiger partial charge in [0.1, 0.15) is 5.75 Å². The number of ether oxygens (including phenoxy) is 1. The summed E-state index contributed by atoms with van der Waals surface area (Å²) >= 11 is 0. The average molecular weight is 350 g/mol. The predicted octanol–water partition coefficient (Wildman–Crippen LogP) is 1.83. The molecule has 0 aromatic heterocycles. The lowest BCUT2D eigenvalue weighted by Crippen LogP contribution is -2.40. The second-order valence-corrected chi connectivity index (χ2v) is 5.34. The van der Waals surface area contributed by atoms with E-state index in [9.17, 15) is 4.79 Å². The number of anilines is 1. The van der Waals surface area contributed by atoms with Gasteiger partial charge < -0.3 is 20.7 Å². The molecule has 0 saturated carbocycles. The van der Waals surface area contributed by atoms with Crippen molar-refractivity contribution >= 4 is 36.4 Å². The first-order valence-corrected chi connectivity index (χ1v) is 7.02. The summed E-state index contributed by atoms with van der Waals surface area (Å²) in [5.41, 5.74) is 6.71. The smallest absolute Gasteiger partial charge is 0.236 e. The van der Waals surface area contributed by atoms with Crippen molar-refractivity contribution in [3.63, 3.8) is 0 Å². The molecule has 0 radical (unpaired) electrons. The molecule has 0 spiro atoms. The van der Waals surface area contributed by atoms with E-state index in [0.717, 1.165) is 25.3 Å². The van der Waals surface area contributed by atoms with E-state index in [0.29, 0.717) is 12.5 Å². The minimum absolute atomic E-state index is 0. The van der Waals surface area contributed by atoms with E-state index in [2.05, 4.69) is 16.3 Å². The number of nitrogens with one attached hydrogen (secondary N) is 1. The number of nitrogens with zero attached hydrogens (tertiary/aromatic N) is 1. The first-order chi connectivity index (χ1) is 9.60. The average Bonchev–Trinajstić information content (AvgIpc) is 2.93. The Balaban J connectivity index is 0.00000220. The molecule has 2 atom stereocenters. The number of carbonyl (C=O) groups is 1. The van der Waals surface area contributed by atoms with E-state index in [1.165, 1.54) is 5.69 Å². The normalized spacial score (nSPS) is 18.0. The summed E-state index contributed by atoms with van der Waals surface area (Å²) < 4.78 is 5.25. The van der Waals surface area contributed by atoms with Crippen molar-refractivity contribution in [3.8, 4) is 5.75 Å². The number of benzene rings is 1. The Hall–Kier alpha value is -1.17. The van der Waals surface area contributed by atoms with Gasteiger partial charge in [0.2, 0.25) is 5.91 Å². The molecule has 1 amide bonds. The van der Waals surface area contributed by atoms with Crippen LogP contribution in [-0.4, -0.2) is 38.7 Å². The number of carbonyl (C=O) groups excluding carboxylic acids is 1. The van der Waals surface area contributed by atoms with Gasteiger partial charge in [-0.15, -0.1) is 24.8 Å². The van der Waals surface area contributed by atoms with Gasteiger partial charge in [0, 0.05) is 31.4 Å². The van der Waals surface area contributed by atoms with Crippen molar-refractivity contribution < 1.29 is 9.53 Å². The van der Waals surface area contributed by atoms with Crippen molar-refractivity contribution in [1.82, 2.24) is 5.32 Å². The standard InChI is InChI=1S/C15H23N3O2.2ClH/c1-11(16)15(19)17-9-12-6-7-18(10-12)13-4-3-5-14(8-13)20-2;;/h3-5,8,11-12H,6-7,9-10,16H2,1-2H3,(H,17,19);2*1H/t11-,12?;;/m1../s1. The molecule has 1 aromatic carbocycles. The molecule has 1 aliphatic rings. The number of hydrogen-bond donors (Lipinski definition) is 2. The Morgan fingerprint density at radius 3 is 2.86 bits per heavy atom. The van der Waals surface area contributed by atoms with Crippen LogP contribution in [0.5, 0.6) is 5.75 Å². The summed E-state index contributed by atoms with van der Waals surface area (Å²) in [4.78, 5) is 13.8. The van der Waals surface area contributed by atoms with Crippen LogP contribution in [0.15, 0.2) is 24.3 Å². The van der Waals surface area contributed by atoms with Gasteiger partial charge in [0.25, 0.3) is 0 Å². The van der Waals surface area contributed by atoms with E-state index in [4.69, 9.17) is 10.5 Å². The lowest BCUT2D eigenvalue weighted by molar-refractivity contribution is -0.122. The Morgan fingerprint density at radius 1 is 1.50 bits per heavy atom. The van der Waals surface area contributed by atoms with Crippen LogP contribution in [0.2, 0.25) is 0 Å². The van der Waals surface area contributed by atoms with Gasteiger partial charge in [-0.2, -0.15) is 0 Å². The van der Waals surface area contributed by atoms with Crippen LogP contribution in [0, 0.1) is 5.92 Å². The lowest BCUT2D eigenvalue weighted by atomic mass is 10.1. The molecule has 22 heavy (non-hydrogen) atoms. The fourth-order valence-electron chi connectivity index (χ4n) is 2.45. The zero-order chi connectivity index (χ0) is 14.5. The minimum Gasteiger partial charge on any atom is -0.497 e. The van der Waals surface area contributed by atoms with E-state index >= 15 is 0 Å². The first kappa shape index (κ1) is 20.8. The summed E-state index contributed by atoms with van der Waals surface area (Å²) in [5.74, 6) is 1.27. The van der Waals surface area contributed by atoms with Gasteiger partial charge in [0.15, 0.2) is 0 Å². The second kappa shape index (κ2) is 9.77. The maximum absolute atomic E-state index is 11.5. The van der Waals surface area contributed by atoms with Crippen molar-refractivity contribution in [2.24, 2.45) is 11.7 Å². The molecule has 1 saturated heterocycles. The zero-order valence-electron chi connectivity index (χ0n) is 13.0. The van der Waals surface area contributed by atoms with Gasteiger partial charge in [-0.3, -0.25) is 4.79 Å². The third-order valence-electron chi connectivity index (χ3n) is 3.68. The Labute approximate surface area is 144 Å². The minimum atomic E-state index is -0.439. The van der Waals surface area contributed by atoms with E-state index in [-0.39, 0.29) is 30.7 Å². The van der Waals surface area contributed by atoms with Crippen LogP contribution >= 0.6 is 24.8 Å². The molecule has 0 bridgehead atoms. The van der Waals surface area contributed by atoms with Crippen LogP contribution in [0.25, 0.3) is 0 Å². The number of nitrogens with two attached hydrogens (primary N) is 1. The summed E-state index contributed by atoms with van der Waals surface area (Å²) in [7, 11) is 1.68. The quantitative estimate of drug-likeness (QED) is 0.850. The fourth-order valence-corrected chi connectivity index (χ4v) is 2.45. The third kappa shape index (κ3) is 5.55. The summed E-state index contributed by atoms with van der Waals surface area (Å²) in [6.07, 6.45) is 1.08. The highest BCUT2D eigenvalue weighted by Gasteiger charge is 2.23. The maximum Gasteiger partial charge on any atom is 0.236 e. The van der Waals surface area contributed by atoms with Crippen LogP contribution < -0.4 is 20.7 Å². The highest BCUT2D eigenvalue weighted by atomic mass is 35.5. The number of hydrogen-bond acceptors (Lipinski definition) is 4. The highest BCUT2D eigenvalue weighted by molar-refractivity contribution is 5.85. The number of halogens is 2. The molecular weight excluding hydrogens is 325 g/mol. The number of amides is 1. The zero-order valence-corrected chi connectivity index (χ0v) is 14.6. The molecule has 126 valence electrons. The van der Waals surface area contributed by atoms with Crippen molar-refractivity contribution in [2.75, 3.05) is 31.6 Å². The van der Waals surface area contributed by atoms with E-state index in [1.807, 2.05) is 18.2 Å². The molecule has 1 aliphatic heterocycles. The third-order valence-corrected chi connectivity index (χ3v) is 3.68. The molecule has 1 unspecified atom stereocenters. The molecule has 0 aliphatic carbocycles. The van der Waals surface area contributed by atoms with Crippen molar-refractivity contribution in [2.45, 2.75) is 19.4 Å². The Morgan fingerprint density at radius 2 is 2.23 bits per heavy atom. The van der Waals surface area contributed by atoms with E-state index in [1.54, 1.807) is 14.0 Å². The summed E-state index contributed by atoms with van der Waals surface area (Å²) in [5, 5.41) is 2.90. The lowest BCUT2D eigenvalue weighted by Gasteiger charge is -2.19. The number of methoxy groups -OCH3 is 1. The summed E-state index contributed by atoms with van der Waals surface area (Å²) in [6, 6.07) is 7.64. The first-order valence-electron chi connectivity index (χ1n) is 7.02. The van der Waals surface area contributed by atoms with Gasteiger partial charge in [-0.25, -0.2) is 0 Å². The predicted molar refractivity (Wildman–Crippen MR) is 94.5 cm³/mol. The molecular formula is C15H25Cl2N3O2. The van der Waals surface area contributed by atoms with Crippen molar-refractivity contribution in [3.05, 3.63) is 24.3 Å². The Bertz CT molecular complexity index is 472. The van der Waals surface area contributed by atoms with Gasteiger partial charge in [0.05, 0.1) is 13.2 Å². The SMILES string of the molecule is COc1cccc(N2CCC(CNC(=O)[C@@H](C)N)C2)c1.Cl.Cl. The van der Waals surface area contributed by atoms with Crippen molar-refractivity contribution in [1.29, 1.82) is 0 Å². The van der Waals surface area contributed by atoms with Crippen LogP contribution in [0.4, 0.5) is 5.69 Å². The highest BCUT2D eigenvalue weighted by Crippen LogP contribution is 2.26. The van der Waals surface area contributed by atoms with Crippen LogP contribution in [0.3, 0.4) is 0 Å². The van der Waals surface area contributed by atoms with Gasteiger partial charge in [-0.05, 0) is 31.4 Å². The fraction of sp³-hybridized carbons (Fsp3) is 0.533. The maximum atomic E-state index is 11.5. The molecule has 7 heteroatoms. The molecule has 3 N–H and O–H groups in total. The molecule has 2 rings (SSSR count).